The standard InChI is InChI=1S/C16H11BrO4/c17-13-4-2-1-3-11(13)5-8-16(18)21-12-6-7-14-15(9-12)20-10-19-14/h1-9H,10H2/b8-5+. The molecule has 0 aliphatic carbocycles. The van der Waals surface area contributed by atoms with Crippen molar-refractivity contribution in [2.45, 2.75) is 0 Å². The van der Waals surface area contributed by atoms with Gasteiger partial charge in [0, 0.05) is 16.6 Å². The number of halogens is 1. The quantitative estimate of drug-likeness (QED) is 0.481. The molecule has 1 aliphatic heterocycles. The number of esters is 1. The number of ether oxygens (including phenoxy) is 3. The lowest BCUT2D eigenvalue weighted by Gasteiger charge is -2.02. The Balaban J connectivity index is 1.68. The third-order valence-electron chi connectivity index (χ3n) is 2.87. The highest BCUT2D eigenvalue weighted by Gasteiger charge is 2.14. The maximum Gasteiger partial charge on any atom is 0.336 e. The molecular formula is C16H11BrO4. The second-order valence-electron chi connectivity index (χ2n) is 4.29. The molecule has 2 aromatic rings. The molecular weight excluding hydrogens is 336 g/mol. The molecule has 5 heteroatoms. The second-order valence-corrected chi connectivity index (χ2v) is 5.15. The van der Waals surface area contributed by atoms with Crippen LogP contribution in [0.2, 0.25) is 0 Å². The Labute approximate surface area is 130 Å². The van der Waals surface area contributed by atoms with Gasteiger partial charge in [0.25, 0.3) is 0 Å². The SMILES string of the molecule is O=C(/C=C/c1ccccc1Br)Oc1ccc2c(c1)OCO2. The predicted molar refractivity (Wildman–Crippen MR) is 81.4 cm³/mol. The Kier molecular flexibility index (Phi) is 3.92. The van der Waals surface area contributed by atoms with Gasteiger partial charge in [0.1, 0.15) is 5.75 Å². The van der Waals surface area contributed by atoms with Crippen molar-refractivity contribution < 1.29 is 19.0 Å². The lowest BCUT2D eigenvalue weighted by molar-refractivity contribution is -0.128. The van der Waals surface area contributed by atoms with Crippen LogP contribution in [0.5, 0.6) is 17.2 Å². The van der Waals surface area contributed by atoms with Crippen LogP contribution in [0.3, 0.4) is 0 Å². The molecule has 0 atom stereocenters. The number of carbonyl (C=O) groups excluding carboxylic acids is 1. The van der Waals surface area contributed by atoms with Crippen LogP contribution in [-0.2, 0) is 4.79 Å². The van der Waals surface area contributed by atoms with Gasteiger partial charge in [0.05, 0.1) is 0 Å². The van der Waals surface area contributed by atoms with Crippen molar-refractivity contribution >= 4 is 28.0 Å². The molecule has 0 amide bonds. The van der Waals surface area contributed by atoms with E-state index in [2.05, 4.69) is 15.9 Å². The monoisotopic (exact) mass is 346 g/mol. The first kappa shape index (κ1) is 13.7. The van der Waals surface area contributed by atoms with E-state index in [9.17, 15) is 4.79 Å². The first-order chi connectivity index (χ1) is 10.2. The molecule has 0 saturated carbocycles. The molecule has 0 N–H and O–H groups in total. The highest BCUT2D eigenvalue weighted by molar-refractivity contribution is 9.10. The van der Waals surface area contributed by atoms with Crippen molar-refractivity contribution in [2.75, 3.05) is 6.79 Å². The van der Waals surface area contributed by atoms with Crippen LogP contribution in [-0.4, -0.2) is 12.8 Å². The van der Waals surface area contributed by atoms with Crippen LogP contribution in [0, 0.1) is 0 Å². The first-order valence-electron chi connectivity index (χ1n) is 6.26. The number of rotatable bonds is 3. The fourth-order valence-corrected chi connectivity index (χ4v) is 2.28. The Morgan fingerprint density at radius 1 is 1.14 bits per heavy atom. The van der Waals surface area contributed by atoms with Crippen LogP contribution < -0.4 is 14.2 Å². The van der Waals surface area contributed by atoms with E-state index in [1.54, 1.807) is 24.3 Å². The van der Waals surface area contributed by atoms with Crippen LogP contribution in [0.1, 0.15) is 5.56 Å². The molecule has 0 spiro atoms. The fourth-order valence-electron chi connectivity index (χ4n) is 1.86. The van der Waals surface area contributed by atoms with Gasteiger partial charge in [-0.25, -0.2) is 4.79 Å². The molecule has 1 heterocycles. The normalized spacial score (nSPS) is 12.6. The lowest BCUT2D eigenvalue weighted by Crippen LogP contribution is -2.03. The van der Waals surface area contributed by atoms with Gasteiger partial charge in [0.15, 0.2) is 11.5 Å². The zero-order chi connectivity index (χ0) is 14.7. The summed E-state index contributed by atoms with van der Waals surface area (Å²) in [5.74, 6) is 1.19. The van der Waals surface area contributed by atoms with Gasteiger partial charge in [-0.15, -0.1) is 0 Å². The summed E-state index contributed by atoms with van der Waals surface area (Å²) in [6.07, 6.45) is 3.07. The fraction of sp³-hybridized carbons (Fsp3) is 0.0625. The predicted octanol–water partition coefficient (Wildman–Crippen LogP) is 3.80. The molecule has 0 aromatic heterocycles. The van der Waals surface area contributed by atoms with E-state index in [-0.39, 0.29) is 6.79 Å². The Bertz CT molecular complexity index is 709. The molecule has 3 rings (SSSR count). The molecule has 0 unspecified atom stereocenters. The smallest absolute Gasteiger partial charge is 0.336 e. The van der Waals surface area contributed by atoms with E-state index in [0.29, 0.717) is 17.2 Å². The van der Waals surface area contributed by atoms with E-state index in [0.717, 1.165) is 10.0 Å². The van der Waals surface area contributed by atoms with Gasteiger partial charge >= 0.3 is 5.97 Å². The van der Waals surface area contributed by atoms with E-state index in [4.69, 9.17) is 14.2 Å². The topological polar surface area (TPSA) is 44.8 Å². The molecule has 2 aromatic carbocycles. The van der Waals surface area contributed by atoms with Crippen molar-refractivity contribution in [1.29, 1.82) is 0 Å². The van der Waals surface area contributed by atoms with Crippen LogP contribution in [0.25, 0.3) is 6.08 Å². The van der Waals surface area contributed by atoms with Gasteiger partial charge in [-0.05, 0) is 29.8 Å². The highest BCUT2D eigenvalue weighted by atomic mass is 79.9. The van der Waals surface area contributed by atoms with Crippen molar-refractivity contribution in [3.05, 3.63) is 58.6 Å². The third-order valence-corrected chi connectivity index (χ3v) is 3.59. The van der Waals surface area contributed by atoms with Crippen LogP contribution in [0.4, 0.5) is 0 Å². The van der Waals surface area contributed by atoms with Crippen LogP contribution in [0.15, 0.2) is 53.0 Å². The Hall–Kier alpha value is -2.27. The van der Waals surface area contributed by atoms with Gasteiger partial charge in [-0.1, -0.05) is 34.1 Å². The molecule has 0 saturated heterocycles. The van der Waals surface area contributed by atoms with Gasteiger partial charge in [-0.2, -0.15) is 0 Å². The molecule has 4 nitrogen and oxygen atoms in total. The number of carbonyl (C=O) groups is 1. The minimum atomic E-state index is -0.454. The second kappa shape index (κ2) is 6.01. The Morgan fingerprint density at radius 2 is 1.95 bits per heavy atom. The summed E-state index contributed by atoms with van der Waals surface area (Å²) in [6, 6.07) is 12.6. The molecule has 1 aliphatic rings. The van der Waals surface area contributed by atoms with E-state index in [1.165, 1.54) is 6.08 Å². The van der Waals surface area contributed by atoms with Crippen molar-refractivity contribution in [1.82, 2.24) is 0 Å². The Morgan fingerprint density at radius 3 is 2.81 bits per heavy atom. The summed E-state index contributed by atoms with van der Waals surface area (Å²) in [7, 11) is 0. The summed E-state index contributed by atoms with van der Waals surface area (Å²) in [5.41, 5.74) is 0.903. The van der Waals surface area contributed by atoms with Crippen molar-refractivity contribution in [2.24, 2.45) is 0 Å². The largest absolute Gasteiger partial charge is 0.454 e. The average molecular weight is 347 g/mol. The van der Waals surface area contributed by atoms with Gasteiger partial charge in [-0.3, -0.25) is 0 Å². The number of hydrogen-bond donors (Lipinski definition) is 0. The first-order valence-corrected chi connectivity index (χ1v) is 7.06. The summed E-state index contributed by atoms with van der Waals surface area (Å²) in [6.45, 7) is 0.189. The molecule has 21 heavy (non-hydrogen) atoms. The van der Waals surface area contributed by atoms with Crippen molar-refractivity contribution in [3.8, 4) is 17.2 Å². The number of fused-ring (bicyclic) bond motifs is 1. The summed E-state index contributed by atoms with van der Waals surface area (Å²) in [4.78, 5) is 11.8. The minimum absolute atomic E-state index is 0.189. The summed E-state index contributed by atoms with van der Waals surface area (Å²) < 4.78 is 16.6. The molecule has 0 bridgehead atoms. The van der Waals surface area contributed by atoms with E-state index >= 15 is 0 Å². The zero-order valence-corrected chi connectivity index (χ0v) is 12.5. The maximum absolute atomic E-state index is 11.8. The van der Waals surface area contributed by atoms with Gasteiger partial charge < -0.3 is 14.2 Å². The summed E-state index contributed by atoms with van der Waals surface area (Å²) in [5, 5.41) is 0. The number of hydrogen-bond acceptors (Lipinski definition) is 4. The number of benzene rings is 2. The third kappa shape index (κ3) is 3.25. The highest BCUT2D eigenvalue weighted by Crippen LogP contribution is 2.35. The zero-order valence-electron chi connectivity index (χ0n) is 10.9. The van der Waals surface area contributed by atoms with Crippen LogP contribution >= 0.6 is 15.9 Å². The van der Waals surface area contributed by atoms with Crippen molar-refractivity contribution in [3.63, 3.8) is 0 Å². The summed E-state index contributed by atoms with van der Waals surface area (Å²) >= 11 is 3.41. The minimum Gasteiger partial charge on any atom is -0.454 e. The molecule has 0 radical (unpaired) electrons. The molecule has 0 fully saturated rings. The molecule has 106 valence electrons. The average Bonchev–Trinajstić information content (AvgIpc) is 2.94. The van der Waals surface area contributed by atoms with E-state index < -0.39 is 5.97 Å². The van der Waals surface area contributed by atoms with E-state index in [1.807, 2.05) is 24.3 Å². The maximum atomic E-state index is 11.8. The lowest BCUT2D eigenvalue weighted by atomic mass is 10.2. The van der Waals surface area contributed by atoms with Gasteiger partial charge in [0.2, 0.25) is 6.79 Å².